The molecule has 0 amide bonds. The Bertz CT molecular complexity index is 616. The maximum atomic E-state index is 6.21. The average Bonchev–Trinajstić information content (AvgIpc) is 2.84. The van der Waals surface area contributed by atoms with Crippen LogP contribution in [-0.2, 0) is 12.1 Å². The molecular weight excluding hydrogens is 307 g/mol. The first kappa shape index (κ1) is 16.3. The molecule has 0 saturated carbocycles. The van der Waals surface area contributed by atoms with E-state index in [0.717, 1.165) is 11.3 Å². The van der Waals surface area contributed by atoms with E-state index in [1.165, 1.54) is 0 Å². The van der Waals surface area contributed by atoms with Crippen molar-refractivity contribution in [2.75, 3.05) is 0 Å². The standard InChI is InChI=1S/C15H20Cl2N4/c1-10(13-6-5-11(16)7-14(13)17)18-8-12-9-21(20-19-12)15(2,3)4/h5-7,9-10,18H,8H2,1-4H3. The molecule has 2 rings (SSSR count). The van der Waals surface area contributed by atoms with Gasteiger partial charge in [-0.2, -0.15) is 0 Å². The van der Waals surface area contributed by atoms with Crippen LogP contribution in [0.1, 0.15) is 45.0 Å². The monoisotopic (exact) mass is 326 g/mol. The minimum atomic E-state index is -0.0592. The minimum Gasteiger partial charge on any atom is -0.304 e. The summed E-state index contributed by atoms with van der Waals surface area (Å²) in [5, 5.41) is 13.0. The van der Waals surface area contributed by atoms with Crippen LogP contribution >= 0.6 is 23.2 Å². The molecule has 1 aromatic carbocycles. The number of hydrogen-bond acceptors (Lipinski definition) is 3. The zero-order valence-electron chi connectivity index (χ0n) is 12.7. The van der Waals surface area contributed by atoms with Gasteiger partial charge in [0.1, 0.15) is 0 Å². The van der Waals surface area contributed by atoms with E-state index in [9.17, 15) is 0 Å². The normalized spacial score (nSPS) is 13.4. The van der Waals surface area contributed by atoms with Crippen molar-refractivity contribution in [2.24, 2.45) is 0 Å². The second-order valence-electron chi connectivity index (χ2n) is 6.09. The number of hydrogen-bond donors (Lipinski definition) is 1. The minimum absolute atomic E-state index is 0.0592. The highest BCUT2D eigenvalue weighted by atomic mass is 35.5. The number of aromatic nitrogens is 3. The summed E-state index contributed by atoms with van der Waals surface area (Å²) in [6.45, 7) is 8.97. The largest absolute Gasteiger partial charge is 0.304 e. The Morgan fingerprint density at radius 1 is 1.29 bits per heavy atom. The molecule has 0 bridgehead atoms. The van der Waals surface area contributed by atoms with Gasteiger partial charge >= 0.3 is 0 Å². The highest BCUT2D eigenvalue weighted by Crippen LogP contribution is 2.26. The molecule has 0 aliphatic carbocycles. The molecule has 1 unspecified atom stereocenters. The van der Waals surface area contributed by atoms with Gasteiger partial charge in [0.25, 0.3) is 0 Å². The molecule has 2 aromatic rings. The maximum Gasteiger partial charge on any atom is 0.0965 e. The predicted molar refractivity (Wildman–Crippen MR) is 86.7 cm³/mol. The van der Waals surface area contributed by atoms with Crippen molar-refractivity contribution in [1.29, 1.82) is 0 Å². The Kier molecular flexibility index (Phi) is 4.91. The van der Waals surface area contributed by atoms with E-state index >= 15 is 0 Å². The van der Waals surface area contributed by atoms with Crippen LogP contribution in [0.5, 0.6) is 0 Å². The zero-order valence-corrected chi connectivity index (χ0v) is 14.2. The van der Waals surface area contributed by atoms with Crippen molar-refractivity contribution in [3.8, 4) is 0 Å². The molecule has 0 aliphatic rings. The van der Waals surface area contributed by atoms with Crippen LogP contribution in [-0.4, -0.2) is 15.0 Å². The van der Waals surface area contributed by atoms with Gasteiger partial charge in [-0.05, 0) is 45.4 Å². The molecule has 6 heteroatoms. The lowest BCUT2D eigenvalue weighted by atomic mass is 10.1. The first-order valence-electron chi connectivity index (χ1n) is 6.87. The molecule has 1 atom stereocenters. The van der Waals surface area contributed by atoms with Gasteiger partial charge in [0.2, 0.25) is 0 Å². The zero-order chi connectivity index (χ0) is 15.6. The van der Waals surface area contributed by atoms with E-state index in [0.29, 0.717) is 16.6 Å². The van der Waals surface area contributed by atoms with Gasteiger partial charge in [0.15, 0.2) is 0 Å². The Balaban J connectivity index is 2.01. The molecule has 1 aromatic heterocycles. The van der Waals surface area contributed by atoms with Crippen molar-refractivity contribution < 1.29 is 0 Å². The van der Waals surface area contributed by atoms with Gasteiger partial charge in [-0.1, -0.05) is 34.5 Å². The fraction of sp³-hybridized carbons (Fsp3) is 0.467. The summed E-state index contributed by atoms with van der Waals surface area (Å²) in [5.41, 5.74) is 1.86. The summed E-state index contributed by atoms with van der Waals surface area (Å²) >= 11 is 12.1. The van der Waals surface area contributed by atoms with Crippen LogP contribution < -0.4 is 5.32 Å². The molecule has 114 valence electrons. The van der Waals surface area contributed by atoms with Crippen LogP contribution in [0.15, 0.2) is 24.4 Å². The molecule has 4 nitrogen and oxygen atoms in total. The summed E-state index contributed by atoms with van der Waals surface area (Å²) in [6, 6.07) is 5.65. The van der Waals surface area contributed by atoms with E-state index in [1.807, 2.05) is 23.0 Å². The third kappa shape index (κ3) is 4.19. The average molecular weight is 327 g/mol. The van der Waals surface area contributed by atoms with Gasteiger partial charge < -0.3 is 5.32 Å². The fourth-order valence-electron chi connectivity index (χ4n) is 1.93. The fourth-order valence-corrected chi connectivity index (χ4v) is 2.50. The van der Waals surface area contributed by atoms with Gasteiger partial charge in [-0.25, -0.2) is 4.68 Å². The Labute approximate surface area is 135 Å². The van der Waals surface area contributed by atoms with Crippen molar-refractivity contribution in [3.63, 3.8) is 0 Å². The topological polar surface area (TPSA) is 42.7 Å². The number of nitrogens with one attached hydrogen (secondary N) is 1. The highest BCUT2D eigenvalue weighted by Gasteiger charge is 2.16. The first-order chi connectivity index (χ1) is 9.77. The lowest BCUT2D eigenvalue weighted by Crippen LogP contribution is -2.22. The van der Waals surface area contributed by atoms with Crippen LogP contribution in [0, 0.1) is 0 Å². The number of benzene rings is 1. The van der Waals surface area contributed by atoms with Crippen molar-refractivity contribution in [3.05, 3.63) is 45.7 Å². The van der Waals surface area contributed by atoms with E-state index in [4.69, 9.17) is 23.2 Å². The Morgan fingerprint density at radius 3 is 2.57 bits per heavy atom. The molecule has 0 fully saturated rings. The summed E-state index contributed by atoms with van der Waals surface area (Å²) in [7, 11) is 0. The summed E-state index contributed by atoms with van der Waals surface area (Å²) < 4.78 is 1.87. The molecular formula is C15H20Cl2N4. The molecule has 0 aliphatic heterocycles. The Morgan fingerprint density at radius 2 is 2.00 bits per heavy atom. The van der Waals surface area contributed by atoms with Crippen LogP contribution in [0.25, 0.3) is 0 Å². The predicted octanol–water partition coefficient (Wildman–Crippen LogP) is 4.19. The van der Waals surface area contributed by atoms with Gasteiger partial charge in [-0.3, -0.25) is 0 Å². The van der Waals surface area contributed by atoms with E-state index in [-0.39, 0.29) is 11.6 Å². The summed E-state index contributed by atoms with van der Waals surface area (Å²) in [4.78, 5) is 0. The van der Waals surface area contributed by atoms with Crippen molar-refractivity contribution in [2.45, 2.75) is 45.8 Å². The lowest BCUT2D eigenvalue weighted by Gasteiger charge is -2.17. The third-order valence-electron chi connectivity index (χ3n) is 3.25. The van der Waals surface area contributed by atoms with Gasteiger partial charge in [0.05, 0.1) is 17.4 Å². The molecule has 1 N–H and O–H groups in total. The van der Waals surface area contributed by atoms with Gasteiger partial charge in [0, 0.05) is 22.6 Å². The third-order valence-corrected chi connectivity index (χ3v) is 3.81. The van der Waals surface area contributed by atoms with E-state index < -0.39 is 0 Å². The maximum absolute atomic E-state index is 6.21. The first-order valence-corrected chi connectivity index (χ1v) is 7.63. The number of rotatable bonds is 4. The van der Waals surface area contributed by atoms with Crippen molar-refractivity contribution in [1.82, 2.24) is 20.3 Å². The second kappa shape index (κ2) is 6.34. The highest BCUT2D eigenvalue weighted by molar-refractivity contribution is 6.35. The Hall–Kier alpha value is -1.10. The van der Waals surface area contributed by atoms with Gasteiger partial charge in [-0.15, -0.1) is 5.10 Å². The quantitative estimate of drug-likeness (QED) is 0.915. The smallest absolute Gasteiger partial charge is 0.0965 e. The lowest BCUT2D eigenvalue weighted by molar-refractivity contribution is 0.347. The second-order valence-corrected chi connectivity index (χ2v) is 6.94. The summed E-state index contributed by atoms with van der Waals surface area (Å²) in [5.74, 6) is 0. The molecule has 21 heavy (non-hydrogen) atoms. The molecule has 0 spiro atoms. The number of nitrogens with zero attached hydrogens (tertiary/aromatic N) is 3. The van der Waals surface area contributed by atoms with Crippen LogP contribution in [0.3, 0.4) is 0 Å². The SMILES string of the molecule is CC(NCc1cn(C(C)(C)C)nn1)c1ccc(Cl)cc1Cl. The van der Waals surface area contributed by atoms with Crippen LogP contribution in [0.4, 0.5) is 0 Å². The molecule has 0 saturated heterocycles. The summed E-state index contributed by atoms with van der Waals surface area (Å²) in [6.07, 6.45) is 1.96. The van der Waals surface area contributed by atoms with Crippen molar-refractivity contribution >= 4 is 23.2 Å². The number of halogens is 2. The van der Waals surface area contributed by atoms with E-state index in [2.05, 4.69) is 43.3 Å². The molecule has 1 heterocycles. The van der Waals surface area contributed by atoms with Crippen LogP contribution in [0.2, 0.25) is 10.0 Å². The molecule has 0 radical (unpaired) electrons. The van der Waals surface area contributed by atoms with E-state index in [1.54, 1.807) is 6.07 Å².